The van der Waals surface area contributed by atoms with E-state index >= 15 is 4.79 Å². The summed E-state index contributed by atoms with van der Waals surface area (Å²) in [7, 11) is 0. The highest BCUT2D eigenvalue weighted by Gasteiger charge is 2.65. The van der Waals surface area contributed by atoms with Crippen molar-refractivity contribution in [2.45, 2.75) is 161 Å². The number of hydrogen-bond donors (Lipinski definition) is 2. The number of nitrogens with zero attached hydrogens (tertiary/aromatic N) is 2. The molecule has 12 heteroatoms. The highest BCUT2D eigenvalue weighted by molar-refractivity contribution is 6.03. The van der Waals surface area contributed by atoms with Crippen LogP contribution in [0.15, 0.2) is 84.1 Å². The molecule has 7 rings (SSSR count). The van der Waals surface area contributed by atoms with Crippen molar-refractivity contribution in [3.8, 4) is 28.7 Å². The van der Waals surface area contributed by atoms with Gasteiger partial charge in [0, 0.05) is 37.7 Å². The predicted molar refractivity (Wildman–Crippen MR) is 274 cm³/mol. The number of fused-ring (bicyclic) bond motifs is 3. The summed E-state index contributed by atoms with van der Waals surface area (Å²) in [5.41, 5.74) is 5.85. The van der Waals surface area contributed by atoms with Crippen molar-refractivity contribution < 1.29 is 48.3 Å². The predicted octanol–water partition coefficient (Wildman–Crippen LogP) is 13.0. The summed E-state index contributed by atoms with van der Waals surface area (Å²) < 4.78 is 39.2. The smallest absolute Gasteiger partial charge is 0.410 e. The minimum Gasteiger partial charge on any atom is -0.459 e. The Morgan fingerprint density at radius 3 is 2.24 bits per heavy atom. The van der Waals surface area contributed by atoms with Crippen molar-refractivity contribution >= 4 is 11.8 Å². The van der Waals surface area contributed by atoms with Gasteiger partial charge in [0.25, 0.3) is 0 Å². The summed E-state index contributed by atoms with van der Waals surface area (Å²) >= 11 is 0. The van der Waals surface area contributed by atoms with Crippen LogP contribution in [0.2, 0.25) is 0 Å². The van der Waals surface area contributed by atoms with Crippen LogP contribution in [-0.4, -0.2) is 78.6 Å². The molecular weight excluding hydrogens is 885 g/mol. The first-order chi connectivity index (χ1) is 34.2. The molecule has 2 aliphatic carbocycles. The Morgan fingerprint density at radius 1 is 0.814 bits per heavy atom. The first-order valence-corrected chi connectivity index (χ1v) is 26.5. The number of benzene rings is 3. The van der Waals surface area contributed by atoms with E-state index in [4.69, 9.17) is 38.4 Å². The minimum absolute atomic E-state index is 0.0583. The van der Waals surface area contributed by atoms with E-state index in [0.29, 0.717) is 42.4 Å². The minimum atomic E-state index is -1.45. The fourth-order valence-electron chi connectivity index (χ4n) is 11.1. The van der Waals surface area contributed by atoms with E-state index in [1.54, 1.807) is 11.0 Å². The number of unbranched alkanes of at least 4 members (excludes halogenated alkanes) is 11. The van der Waals surface area contributed by atoms with Crippen LogP contribution in [0.4, 0.5) is 4.79 Å². The number of aliphatic hydroxyl groups is 2. The summed E-state index contributed by atoms with van der Waals surface area (Å²) in [6.07, 6.45) is 20.3. The lowest BCUT2D eigenvalue weighted by molar-refractivity contribution is -0.256. The number of aryl methyl sites for hydroxylation is 2. The van der Waals surface area contributed by atoms with E-state index in [1.165, 1.54) is 50.5 Å². The van der Waals surface area contributed by atoms with Crippen LogP contribution in [0.3, 0.4) is 0 Å². The number of carbonyl (C=O) groups excluding carboxylic acids is 1. The number of ether oxygens (including phenoxy) is 6. The lowest BCUT2D eigenvalue weighted by atomic mass is 9.55. The molecule has 382 valence electrons. The molecule has 0 bridgehead atoms. The number of carbonyl (C=O) groups is 1. The molecule has 2 aliphatic heterocycles. The zero-order chi connectivity index (χ0) is 49.3. The second-order valence-corrected chi connectivity index (χ2v) is 19.7. The maximum atomic E-state index is 15.1. The average molecular weight is 965 g/mol. The van der Waals surface area contributed by atoms with E-state index in [1.807, 2.05) is 43.3 Å². The fraction of sp³-hybridized carbons (Fsp3) is 0.586. The number of hydrogen-bond acceptors (Lipinski definition) is 11. The molecule has 6 atom stereocenters. The van der Waals surface area contributed by atoms with Gasteiger partial charge in [-0.25, -0.2) is 4.79 Å². The molecule has 1 fully saturated rings. The fourth-order valence-corrected chi connectivity index (χ4v) is 11.1. The Bertz CT molecular complexity index is 2220. The lowest BCUT2D eigenvalue weighted by Gasteiger charge is -2.59. The number of oxime groups is 1. The molecule has 0 spiro atoms. The van der Waals surface area contributed by atoms with Crippen LogP contribution in [0.1, 0.15) is 151 Å². The van der Waals surface area contributed by atoms with Crippen LogP contribution >= 0.6 is 0 Å². The van der Waals surface area contributed by atoms with Crippen molar-refractivity contribution in [3.63, 3.8) is 0 Å². The summed E-state index contributed by atoms with van der Waals surface area (Å²) in [4.78, 5) is 22.9. The summed E-state index contributed by atoms with van der Waals surface area (Å²) in [6.45, 7) is 13.7. The molecule has 2 heterocycles. The van der Waals surface area contributed by atoms with Gasteiger partial charge in [-0.3, -0.25) is 4.90 Å². The Kier molecular flexibility index (Phi) is 19.9. The molecule has 3 aromatic rings. The normalized spacial score (nSPS) is 22.4. The molecule has 4 aliphatic rings. The van der Waals surface area contributed by atoms with E-state index < -0.39 is 23.8 Å². The third-order valence-corrected chi connectivity index (χ3v) is 14.8. The molecule has 3 aromatic carbocycles. The molecule has 0 aromatic heterocycles. The molecular formula is C58H80N2O10. The third-order valence-electron chi connectivity index (χ3n) is 14.8. The van der Waals surface area contributed by atoms with Crippen LogP contribution in [-0.2, 0) is 20.9 Å². The SMILES string of the molecule is C=CCOC12Oc3ccc(Oc4ccc(C)c(C)c4)cc3C3C(CCCCO)C(CCCCO)C=C(C(=NOCC)CC1N(Cc1ccc4c(c1)OCO4)C(=O)OCCCCCCCCCCCC)C32. The molecule has 2 N–H and O–H groups in total. The quantitative estimate of drug-likeness (QED) is 0.0393. The summed E-state index contributed by atoms with van der Waals surface area (Å²) in [6, 6.07) is 17.2. The van der Waals surface area contributed by atoms with Gasteiger partial charge < -0.3 is 43.5 Å². The molecule has 1 amide bonds. The second kappa shape index (κ2) is 26.4. The van der Waals surface area contributed by atoms with Crippen molar-refractivity contribution in [3.05, 3.63) is 101 Å². The monoisotopic (exact) mass is 965 g/mol. The number of rotatable bonds is 29. The molecule has 0 radical (unpaired) electrons. The zero-order valence-electron chi connectivity index (χ0n) is 42.5. The molecule has 12 nitrogen and oxygen atoms in total. The van der Waals surface area contributed by atoms with Crippen molar-refractivity contribution in [1.29, 1.82) is 0 Å². The van der Waals surface area contributed by atoms with E-state index in [9.17, 15) is 10.2 Å². The highest BCUT2D eigenvalue weighted by atomic mass is 16.7. The van der Waals surface area contributed by atoms with Gasteiger partial charge in [-0.15, -0.1) is 6.58 Å². The first-order valence-electron chi connectivity index (χ1n) is 26.5. The van der Waals surface area contributed by atoms with Crippen molar-refractivity contribution in [1.82, 2.24) is 4.90 Å². The average Bonchev–Trinajstić information content (AvgIpc) is 3.84. The maximum absolute atomic E-state index is 15.1. The second-order valence-electron chi connectivity index (χ2n) is 19.7. The van der Waals surface area contributed by atoms with Crippen LogP contribution < -0.4 is 18.9 Å². The van der Waals surface area contributed by atoms with Gasteiger partial charge >= 0.3 is 6.09 Å². The Morgan fingerprint density at radius 2 is 1.51 bits per heavy atom. The Labute approximate surface area is 417 Å². The van der Waals surface area contributed by atoms with Gasteiger partial charge in [0.05, 0.1) is 24.8 Å². The largest absolute Gasteiger partial charge is 0.459 e. The van der Waals surface area contributed by atoms with E-state index in [0.717, 1.165) is 78.7 Å². The maximum Gasteiger partial charge on any atom is 0.410 e. The number of amides is 1. The molecule has 70 heavy (non-hydrogen) atoms. The number of allylic oxidation sites excluding steroid dienone is 1. The summed E-state index contributed by atoms with van der Waals surface area (Å²) in [5.74, 6) is 1.37. The lowest BCUT2D eigenvalue weighted by Crippen LogP contribution is -2.70. The van der Waals surface area contributed by atoms with Crippen LogP contribution in [0.5, 0.6) is 28.7 Å². The Hall–Kier alpha value is -5.04. The molecule has 0 saturated heterocycles. The van der Waals surface area contributed by atoms with E-state index in [-0.39, 0.29) is 63.9 Å². The topological polar surface area (TPSA) is 138 Å². The van der Waals surface area contributed by atoms with Crippen LogP contribution in [0.25, 0.3) is 0 Å². The summed E-state index contributed by atoms with van der Waals surface area (Å²) in [5, 5.41) is 25.0. The first kappa shape index (κ1) is 52.8. The van der Waals surface area contributed by atoms with Gasteiger partial charge in [-0.2, -0.15) is 0 Å². The zero-order valence-corrected chi connectivity index (χ0v) is 42.5. The van der Waals surface area contributed by atoms with Crippen molar-refractivity contribution in [2.75, 3.05) is 39.8 Å². The van der Waals surface area contributed by atoms with Gasteiger partial charge in [0.15, 0.2) is 11.5 Å². The Balaban J connectivity index is 1.32. The standard InChI is InChI=1S/C58H80N2O10/c1-6-9-10-11-12-13-14-15-16-21-33-64-57(63)60(39-43-25-28-52-53(35-43)66-40-65-52)54-38-50(59-68-8-3)48-36-44(22-17-19-30-61)47(23-18-20-31-62)55-49-37-46(69-45-26-24-41(4)42(5)34-45)27-29-51(49)70-58(54,56(48)55)67-32-7-2/h7,24-29,34-37,44,47,54-56,61-62H,2,6,8-23,30-33,38-40H2,1,3-5H3. The van der Waals surface area contributed by atoms with Gasteiger partial charge in [0.2, 0.25) is 12.6 Å². The van der Waals surface area contributed by atoms with Gasteiger partial charge in [0.1, 0.15) is 29.9 Å². The van der Waals surface area contributed by atoms with Crippen molar-refractivity contribution in [2.24, 2.45) is 22.9 Å². The molecule has 6 unspecified atom stereocenters. The number of aliphatic hydroxyl groups excluding tert-OH is 2. The van der Waals surface area contributed by atoms with Gasteiger partial charge in [-0.1, -0.05) is 107 Å². The highest BCUT2D eigenvalue weighted by Crippen LogP contribution is 2.62. The van der Waals surface area contributed by atoms with E-state index in [2.05, 4.69) is 51.6 Å². The third kappa shape index (κ3) is 12.9. The van der Waals surface area contributed by atoms with Crippen LogP contribution in [0, 0.1) is 31.6 Å². The molecule has 1 saturated carbocycles. The van der Waals surface area contributed by atoms with Gasteiger partial charge in [-0.05, 0) is 129 Å².